The summed E-state index contributed by atoms with van der Waals surface area (Å²) in [6, 6.07) is 4.85. The molecule has 156 valence electrons. The Morgan fingerprint density at radius 2 is 1.86 bits per heavy atom. The van der Waals surface area contributed by atoms with Crippen LogP contribution in [-0.2, 0) is 14.8 Å². The predicted molar refractivity (Wildman–Crippen MR) is 123 cm³/mol. The van der Waals surface area contributed by atoms with Crippen LogP contribution in [0.3, 0.4) is 0 Å². The number of amides is 1. The van der Waals surface area contributed by atoms with E-state index in [0.717, 1.165) is 18.4 Å². The van der Waals surface area contributed by atoms with Gasteiger partial charge in [0.05, 0.1) is 14.0 Å². The Kier molecular flexibility index (Phi) is 5.71. The Morgan fingerprint density at radius 1 is 1.25 bits per heavy atom. The fourth-order valence-corrected chi connectivity index (χ4v) is 10.9. The third kappa shape index (κ3) is 2.68. The molecule has 0 spiro atoms. The quantitative estimate of drug-likeness (QED) is 0.491. The molecule has 3 atom stereocenters. The number of aryl methyl sites for hydroxylation is 1. The SMILES string of the molecule is Cc1ccc(S(=O)(=O)N(C)C)cc1NC(=O)C12CCC(C(Br)Br)(C1Br)C2(C)C. The second kappa shape index (κ2) is 7.04. The van der Waals surface area contributed by atoms with Crippen LogP contribution < -0.4 is 5.32 Å². The Bertz CT molecular complexity index is 932. The molecular weight excluding hydrogens is 576 g/mol. The number of fused-ring (bicyclic) bond motifs is 1. The standard InChI is InChI=1S/C19H25Br3N2O3S/c1-11-6-7-12(28(26,27)24(4)5)10-13(11)23-16(25)19-9-8-18(14(19)20,15(21)22)17(19,2)3/h6-7,10,14-15H,8-9H2,1-5H3,(H,23,25). The van der Waals surface area contributed by atoms with Crippen LogP contribution in [0.1, 0.15) is 32.3 Å². The molecule has 3 unspecified atom stereocenters. The second-order valence-corrected chi connectivity index (χ2v) is 14.6. The van der Waals surface area contributed by atoms with Gasteiger partial charge in [0.1, 0.15) is 0 Å². The van der Waals surface area contributed by atoms with Crippen molar-refractivity contribution in [1.29, 1.82) is 0 Å². The molecule has 3 saturated carbocycles. The number of sulfonamides is 1. The van der Waals surface area contributed by atoms with Gasteiger partial charge < -0.3 is 5.32 Å². The Hall–Kier alpha value is 0.0400. The summed E-state index contributed by atoms with van der Waals surface area (Å²) in [7, 11) is -0.583. The zero-order valence-electron chi connectivity index (χ0n) is 16.5. The molecule has 0 aliphatic heterocycles. The fraction of sp³-hybridized carbons (Fsp3) is 0.632. The van der Waals surface area contributed by atoms with Gasteiger partial charge in [0, 0.05) is 30.0 Å². The van der Waals surface area contributed by atoms with Crippen molar-refractivity contribution >= 4 is 69.4 Å². The van der Waals surface area contributed by atoms with E-state index in [1.165, 1.54) is 18.4 Å². The number of hydrogen-bond donors (Lipinski definition) is 1. The molecule has 1 N–H and O–H groups in total. The number of halogens is 3. The van der Waals surface area contributed by atoms with Crippen molar-refractivity contribution in [3.8, 4) is 0 Å². The van der Waals surface area contributed by atoms with E-state index in [1.807, 2.05) is 6.92 Å². The number of nitrogens with zero attached hydrogens (tertiary/aromatic N) is 1. The van der Waals surface area contributed by atoms with Gasteiger partial charge in [0.15, 0.2) is 0 Å². The highest BCUT2D eigenvalue weighted by molar-refractivity contribution is 9.24. The minimum atomic E-state index is -3.57. The molecule has 9 heteroatoms. The first-order valence-corrected chi connectivity index (χ1v) is 13.2. The summed E-state index contributed by atoms with van der Waals surface area (Å²) in [5.41, 5.74) is 0.535. The van der Waals surface area contributed by atoms with Gasteiger partial charge in [0.25, 0.3) is 0 Å². The summed E-state index contributed by atoms with van der Waals surface area (Å²) < 4.78 is 26.2. The zero-order chi connectivity index (χ0) is 21.3. The molecule has 28 heavy (non-hydrogen) atoms. The minimum Gasteiger partial charge on any atom is -0.325 e. The van der Waals surface area contributed by atoms with Crippen molar-refractivity contribution in [2.45, 2.75) is 47.1 Å². The number of carbonyl (C=O) groups excluding carboxylic acids is 1. The molecule has 0 aromatic heterocycles. The third-order valence-corrected chi connectivity index (χ3v) is 12.2. The first-order chi connectivity index (χ1) is 12.8. The molecule has 0 saturated heterocycles. The van der Waals surface area contributed by atoms with E-state index in [2.05, 4.69) is 67.0 Å². The normalized spacial score (nSPS) is 31.1. The maximum atomic E-state index is 13.5. The van der Waals surface area contributed by atoms with Gasteiger partial charge in [-0.1, -0.05) is 67.7 Å². The van der Waals surface area contributed by atoms with Crippen LogP contribution in [0.5, 0.6) is 0 Å². The summed E-state index contributed by atoms with van der Waals surface area (Å²) in [5.74, 6) is -0.0596. The molecule has 3 aliphatic rings. The van der Waals surface area contributed by atoms with Gasteiger partial charge in [-0.15, -0.1) is 0 Å². The van der Waals surface area contributed by atoms with Crippen LogP contribution in [0.25, 0.3) is 0 Å². The maximum absolute atomic E-state index is 13.5. The van der Waals surface area contributed by atoms with Gasteiger partial charge in [-0.2, -0.15) is 0 Å². The summed E-state index contributed by atoms with van der Waals surface area (Å²) in [6.07, 6.45) is 1.71. The van der Waals surface area contributed by atoms with Crippen molar-refractivity contribution in [3.63, 3.8) is 0 Å². The molecule has 5 nitrogen and oxygen atoms in total. The zero-order valence-corrected chi connectivity index (χ0v) is 22.1. The number of benzene rings is 1. The fourth-order valence-electron chi connectivity index (χ4n) is 5.04. The van der Waals surface area contributed by atoms with Crippen molar-refractivity contribution in [3.05, 3.63) is 23.8 Å². The van der Waals surface area contributed by atoms with E-state index in [0.29, 0.717) is 5.69 Å². The Balaban J connectivity index is 1.95. The van der Waals surface area contributed by atoms with E-state index in [9.17, 15) is 13.2 Å². The smallest absolute Gasteiger partial charge is 0.242 e. The van der Waals surface area contributed by atoms with Crippen LogP contribution in [-0.4, -0.2) is 41.3 Å². The van der Waals surface area contributed by atoms with E-state index < -0.39 is 15.4 Å². The predicted octanol–water partition coefficient (Wildman–Crippen LogP) is 4.87. The second-order valence-electron chi connectivity index (χ2n) is 8.52. The lowest BCUT2D eigenvalue weighted by molar-refractivity contribution is -0.155. The van der Waals surface area contributed by atoms with Gasteiger partial charge in [-0.25, -0.2) is 12.7 Å². The molecule has 0 radical (unpaired) electrons. The Labute approximate surface area is 192 Å². The third-order valence-electron chi connectivity index (χ3n) is 7.13. The van der Waals surface area contributed by atoms with Crippen LogP contribution in [0.2, 0.25) is 0 Å². The molecule has 2 bridgehead atoms. The van der Waals surface area contributed by atoms with E-state index in [-0.39, 0.29) is 30.2 Å². The number of alkyl halides is 3. The maximum Gasteiger partial charge on any atom is 0.242 e. The number of rotatable bonds is 5. The lowest BCUT2D eigenvalue weighted by Gasteiger charge is -2.66. The van der Waals surface area contributed by atoms with Crippen LogP contribution >= 0.6 is 47.8 Å². The molecular formula is C19H25Br3N2O3S. The topological polar surface area (TPSA) is 66.5 Å². The van der Waals surface area contributed by atoms with Crippen LogP contribution in [0.15, 0.2) is 23.1 Å². The van der Waals surface area contributed by atoms with Crippen LogP contribution in [0.4, 0.5) is 5.69 Å². The highest BCUT2D eigenvalue weighted by Gasteiger charge is 2.83. The van der Waals surface area contributed by atoms with Crippen molar-refractivity contribution in [2.75, 3.05) is 19.4 Å². The molecule has 4 rings (SSSR count). The average molecular weight is 601 g/mol. The highest BCUT2D eigenvalue weighted by Crippen LogP contribution is 2.82. The number of hydrogen-bond acceptors (Lipinski definition) is 3. The van der Waals surface area contributed by atoms with Crippen molar-refractivity contribution in [2.24, 2.45) is 16.2 Å². The minimum absolute atomic E-state index is 0.0280. The molecule has 0 heterocycles. The molecule has 3 aliphatic carbocycles. The highest BCUT2D eigenvalue weighted by atomic mass is 79.9. The summed E-state index contributed by atoms with van der Waals surface area (Å²) in [6.45, 7) is 6.15. The largest absolute Gasteiger partial charge is 0.325 e. The van der Waals surface area contributed by atoms with Gasteiger partial charge in [0.2, 0.25) is 15.9 Å². The monoisotopic (exact) mass is 598 g/mol. The lowest BCUT2D eigenvalue weighted by atomic mass is 9.43. The number of carbonyl (C=O) groups is 1. The summed E-state index contributed by atoms with van der Waals surface area (Å²) >= 11 is 11.2. The van der Waals surface area contributed by atoms with Gasteiger partial charge >= 0.3 is 0 Å². The van der Waals surface area contributed by atoms with Crippen LogP contribution in [0, 0.1) is 23.2 Å². The summed E-state index contributed by atoms with van der Waals surface area (Å²) in [5, 5.41) is 3.04. The van der Waals surface area contributed by atoms with Crippen molar-refractivity contribution in [1.82, 2.24) is 4.31 Å². The molecule has 3 fully saturated rings. The van der Waals surface area contributed by atoms with Crippen molar-refractivity contribution < 1.29 is 13.2 Å². The average Bonchev–Trinajstić information content (AvgIpc) is 3.06. The van der Waals surface area contributed by atoms with Gasteiger partial charge in [-0.3, -0.25) is 4.79 Å². The molecule has 1 aromatic carbocycles. The first kappa shape index (κ1) is 22.7. The van der Waals surface area contributed by atoms with E-state index >= 15 is 0 Å². The van der Waals surface area contributed by atoms with E-state index in [1.54, 1.807) is 18.2 Å². The first-order valence-electron chi connectivity index (χ1n) is 9.03. The summed E-state index contributed by atoms with van der Waals surface area (Å²) in [4.78, 5) is 13.7. The number of nitrogens with one attached hydrogen (secondary N) is 1. The Morgan fingerprint density at radius 3 is 2.32 bits per heavy atom. The lowest BCUT2D eigenvalue weighted by Crippen LogP contribution is -2.71. The number of anilines is 1. The molecule has 1 aromatic rings. The van der Waals surface area contributed by atoms with E-state index in [4.69, 9.17) is 0 Å². The molecule has 1 amide bonds. The van der Waals surface area contributed by atoms with Gasteiger partial charge in [-0.05, 0) is 42.9 Å².